The highest BCUT2D eigenvalue weighted by molar-refractivity contribution is 7.80. The molecule has 8 heteroatoms. The van der Waals surface area contributed by atoms with E-state index in [4.69, 9.17) is 28.6 Å². The molecule has 2 rings (SSSR count). The standard InChI is InChI=1S/C16H20ClFN4OS/c1-2-23-8-4-7-19-16(24)20-15-14(17)11-22(21-15)10-12-5-3-6-13(18)9-12/h3,5-6,9,11H,2,4,7-8,10H2,1H3,(H2,19,20,21,24). The zero-order valence-corrected chi connectivity index (χ0v) is 15.0. The molecule has 24 heavy (non-hydrogen) atoms. The molecule has 0 saturated heterocycles. The second kappa shape index (κ2) is 9.56. The summed E-state index contributed by atoms with van der Waals surface area (Å²) in [6, 6.07) is 6.36. The Morgan fingerprint density at radius 3 is 3.04 bits per heavy atom. The van der Waals surface area contributed by atoms with Gasteiger partial charge in [0.05, 0.1) is 6.54 Å². The Bertz CT molecular complexity index is 680. The van der Waals surface area contributed by atoms with Crippen LogP contribution in [0, 0.1) is 5.82 Å². The molecule has 5 nitrogen and oxygen atoms in total. The van der Waals surface area contributed by atoms with E-state index in [1.807, 2.05) is 13.0 Å². The second-order valence-electron chi connectivity index (χ2n) is 5.08. The third kappa shape index (κ3) is 6.07. The molecule has 0 saturated carbocycles. The smallest absolute Gasteiger partial charge is 0.173 e. The Kier molecular flexibility index (Phi) is 7.42. The minimum Gasteiger partial charge on any atom is -0.382 e. The summed E-state index contributed by atoms with van der Waals surface area (Å²) in [5.41, 5.74) is 0.803. The molecular weight excluding hydrogens is 351 g/mol. The van der Waals surface area contributed by atoms with Crippen LogP contribution in [0.1, 0.15) is 18.9 Å². The van der Waals surface area contributed by atoms with Gasteiger partial charge in [-0.1, -0.05) is 23.7 Å². The summed E-state index contributed by atoms with van der Waals surface area (Å²) in [7, 11) is 0. The molecule has 0 fully saturated rings. The first kappa shape index (κ1) is 18.6. The molecule has 2 aromatic rings. The molecule has 0 radical (unpaired) electrons. The van der Waals surface area contributed by atoms with Gasteiger partial charge in [0.1, 0.15) is 10.8 Å². The minimum absolute atomic E-state index is 0.276. The lowest BCUT2D eigenvalue weighted by atomic mass is 10.2. The first-order valence-electron chi connectivity index (χ1n) is 7.68. The Morgan fingerprint density at radius 1 is 1.46 bits per heavy atom. The third-order valence-corrected chi connectivity index (χ3v) is 3.66. The number of rotatable bonds is 8. The van der Waals surface area contributed by atoms with Crippen LogP contribution in [0.3, 0.4) is 0 Å². The Labute approximate surface area is 151 Å². The summed E-state index contributed by atoms with van der Waals surface area (Å²) in [6.07, 6.45) is 2.53. The van der Waals surface area contributed by atoms with Gasteiger partial charge in [0.15, 0.2) is 10.9 Å². The van der Waals surface area contributed by atoms with Gasteiger partial charge in [-0.3, -0.25) is 4.68 Å². The van der Waals surface area contributed by atoms with Crippen molar-refractivity contribution >= 4 is 34.7 Å². The third-order valence-electron chi connectivity index (χ3n) is 3.14. The van der Waals surface area contributed by atoms with Crippen molar-refractivity contribution in [3.63, 3.8) is 0 Å². The molecule has 2 N–H and O–H groups in total. The number of hydrogen-bond acceptors (Lipinski definition) is 3. The highest BCUT2D eigenvalue weighted by atomic mass is 35.5. The summed E-state index contributed by atoms with van der Waals surface area (Å²) in [6.45, 7) is 4.49. The van der Waals surface area contributed by atoms with Crippen LogP contribution in [0.25, 0.3) is 0 Å². The van der Waals surface area contributed by atoms with Gasteiger partial charge >= 0.3 is 0 Å². The highest BCUT2D eigenvalue weighted by Gasteiger charge is 2.09. The Morgan fingerprint density at radius 2 is 2.29 bits per heavy atom. The maximum absolute atomic E-state index is 13.2. The normalized spacial score (nSPS) is 10.6. The topological polar surface area (TPSA) is 51.1 Å². The van der Waals surface area contributed by atoms with Crippen LogP contribution in [0.15, 0.2) is 30.5 Å². The van der Waals surface area contributed by atoms with Gasteiger partial charge < -0.3 is 15.4 Å². The van der Waals surface area contributed by atoms with Gasteiger partial charge in [-0.15, -0.1) is 0 Å². The van der Waals surface area contributed by atoms with Crippen molar-refractivity contribution in [1.29, 1.82) is 0 Å². The molecule has 0 unspecified atom stereocenters. The molecule has 0 amide bonds. The molecule has 0 spiro atoms. The maximum Gasteiger partial charge on any atom is 0.173 e. The van der Waals surface area contributed by atoms with E-state index in [0.29, 0.717) is 42.3 Å². The lowest BCUT2D eigenvalue weighted by Crippen LogP contribution is -2.30. The number of hydrogen-bond donors (Lipinski definition) is 2. The van der Waals surface area contributed by atoms with Crippen LogP contribution in [0.5, 0.6) is 0 Å². The number of benzene rings is 1. The van der Waals surface area contributed by atoms with Crippen molar-refractivity contribution in [1.82, 2.24) is 15.1 Å². The largest absolute Gasteiger partial charge is 0.382 e. The second-order valence-corrected chi connectivity index (χ2v) is 5.90. The van der Waals surface area contributed by atoms with Gasteiger partial charge in [-0.25, -0.2) is 4.39 Å². The first-order valence-corrected chi connectivity index (χ1v) is 8.47. The lowest BCUT2D eigenvalue weighted by molar-refractivity contribution is 0.146. The summed E-state index contributed by atoms with van der Waals surface area (Å²) < 4.78 is 20.1. The number of halogens is 2. The van der Waals surface area contributed by atoms with E-state index in [2.05, 4.69) is 15.7 Å². The van der Waals surface area contributed by atoms with Crippen LogP contribution in [-0.2, 0) is 11.3 Å². The number of nitrogens with one attached hydrogen (secondary N) is 2. The quantitative estimate of drug-likeness (QED) is 0.550. The zero-order valence-electron chi connectivity index (χ0n) is 13.4. The molecule has 1 aromatic carbocycles. The van der Waals surface area contributed by atoms with E-state index in [1.165, 1.54) is 12.1 Å². The summed E-state index contributed by atoms with van der Waals surface area (Å²) in [5, 5.41) is 11.3. The van der Waals surface area contributed by atoms with Crippen molar-refractivity contribution in [3.05, 3.63) is 46.9 Å². The molecule has 1 aromatic heterocycles. The fourth-order valence-electron chi connectivity index (χ4n) is 2.06. The fraction of sp³-hybridized carbons (Fsp3) is 0.375. The monoisotopic (exact) mass is 370 g/mol. The zero-order chi connectivity index (χ0) is 17.4. The maximum atomic E-state index is 13.2. The van der Waals surface area contributed by atoms with E-state index in [9.17, 15) is 4.39 Å². The number of aromatic nitrogens is 2. The summed E-state index contributed by atoms with van der Waals surface area (Å²) in [5.74, 6) is 0.192. The number of anilines is 1. The van der Waals surface area contributed by atoms with Crippen molar-refractivity contribution in [2.24, 2.45) is 0 Å². The van der Waals surface area contributed by atoms with Crippen LogP contribution in [0.4, 0.5) is 10.2 Å². The predicted octanol–water partition coefficient (Wildman–Crippen LogP) is 3.44. The fourth-order valence-corrected chi connectivity index (χ4v) is 2.45. The molecule has 0 atom stereocenters. The molecule has 0 aliphatic rings. The van der Waals surface area contributed by atoms with E-state index in [-0.39, 0.29) is 5.82 Å². The molecule has 130 valence electrons. The van der Waals surface area contributed by atoms with Crippen LogP contribution in [-0.4, -0.2) is 34.7 Å². The van der Waals surface area contributed by atoms with Crippen molar-refractivity contribution in [2.45, 2.75) is 19.9 Å². The van der Waals surface area contributed by atoms with Crippen molar-refractivity contribution in [2.75, 3.05) is 25.1 Å². The van der Waals surface area contributed by atoms with Gasteiger partial charge in [-0.2, -0.15) is 5.10 Å². The predicted molar refractivity (Wildman–Crippen MR) is 98.1 cm³/mol. The number of thiocarbonyl (C=S) groups is 1. The Balaban J connectivity index is 1.85. The molecule has 1 heterocycles. The highest BCUT2D eigenvalue weighted by Crippen LogP contribution is 2.20. The van der Waals surface area contributed by atoms with Crippen LogP contribution in [0.2, 0.25) is 5.02 Å². The first-order chi connectivity index (χ1) is 11.6. The SMILES string of the molecule is CCOCCCNC(=S)Nc1nn(Cc2cccc(F)c2)cc1Cl. The van der Waals surface area contributed by atoms with Gasteiger partial charge in [0.2, 0.25) is 0 Å². The average molecular weight is 371 g/mol. The number of ether oxygens (including phenoxy) is 1. The van der Waals surface area contributed by atoms with E-state index in [0.717, 1.165) is 12.0 Å². The van der Waals surface area contributed by atoms with Gasteiger partial charge in [0, 0.05) is 26.0 Å². The lowest BCUT2D eigenvalue weighted by Gasteiger charge is -2.08. The van der Waals surface area contributed by atoms with Gasteiger partial charge in [0.25, 0.3) is 0 Å². The van der Waals surface area contributed by atoms with E-state index in [1.54, 1.807) is 16.9 Å². The van der Waals surface area contributed by atoms with Crippen LogP contribution < -0.4 is 10.6 Å². The molecule has 0 bridgehead atoms. The van der Waals surface area contributed by atoms with Crippen molar-refractivity contribution < 1.29 is 9.13 Å². The molecule has 0 aliphatic carbocycles. The number of nitrogens with zero attached hydrogens (tertiary/aromatic N) is 2. The Hall–Kier alpha value is -1.70. The van der Waals surface area contributed by atoms with Crippen LogP contribution >= 0.6 is 23.8 Å². The summed E-state index contributed by atoms with van der Waals surface area (Å²) in [4.78, 5) is 0. The average Bonchev–Trinajstić information content (AvgIpc) is 2.86. The molecule has 0 aliphatic heterocycles. The summed E-state index contributed by atoms with van der Waals surface area (Å²) >= 11 is 11.4. The van der Waals surface area contributed by atoms with Crippen molar-refractivity contribution in [3.8, 4) is 0 Å². The van der Waals surface area contributed by atoms with E-state index >= 15 is 0 Å². The molecular formula is C16H20ClFN4OS. The van der Waals surface area contributed by atoms with E-state index < -0.39 is 0 Å². The minimum atomic E-state index is -0.276. The van der Waals surface area contributed by atoms with Gasteiger partial charge in [-0.05, 0) is 43.3 Å².